The first-order chi connectivity index (χ1) is 7.54. The lowest BCUT2D eigenvalue weighted by atomic mass is 10.0. The largest absolute Gasteiger partial charge is 0.346 e. The van der Waals surface area contributed by atoms with Gasteiger partial charge in [-0.1, -0.05) is 29.8 Å². The number of hydrogen-bond acceptors (Lipinski definition) is 1. The summed E-state index contributed by atoms with van der Waals surface area (Å²) in [5.74, 6) is -0.0463. The second kappa shape index (κ2) is 5.50. The van der Waals surface area contributed by atoms with E-state index in [0.29, 0.717) is 0 Å². The minimum Gasteiger partial charge on any atom is -0.346 e. The Morgan fingerprint density at radius 1 is 1.38 bits per heavy atom. The van der Waals surface area contributed by atoms with Crippen LogP contribution in [0.5, 0.6) is 0 Å². The van der Waals surface area contributed by atoms with E-state index < -0.39 is 0 Å². The molecule has 0 saturated carbocycles. The molecule has 0 bridgehead atoms. The Bertz CT molecular complexity index is 407. The third-order valence-corrected chi connectivity index (χ3v) is 2.57. The van der Waals surface area contributed by atoms with Crippen LogP contribution in [0.4, 0.5) is 0 Å². The normalized spacial score (nSPS) is 12.8. The number of aryl methyl sites for hydroxylation is 2. The van der Waals surface area contributed by atoms with Crippen LogP contribution in [0.15, 0.2) is 30.4 Å². The van der Waals surface area contributed by atoms with Gasteiger partial charge < -0.3 is 5.32 Å². The van der Waals surface area contributed by atoms with Crippen LogP contribution in [0.1, 0.15) is 36.6 Å². The van der Waals surface area contributed by atoms with Crippen molar-refractivity contribution in [2.45, 2.75) is 33.7 Å². The third-order valence-electron chi connectivity index (χ3n) is 2.57. The van der Waals surface area contributed by atoms with Gasteiger partial charge in [0.05, 0.1) is 6.04 Å². The first-order valence-corrected chi connectivity index (χ1v) is 5.55. The number of carbonyl (C=O) groups excluding carboxylic acids is 1. The SMILES string of the molecule is CC=CC(=O)NC(C)c1ccc(C)cc1C. The summed E-state index contributed by atoms with van der Waals surface area (Å²) in [6.07, 6.45) is 3.28. The minimum atomic E-state index is -0.0463. The number of carbonyl (C=O) groups is 1. The maximum absolute atomic E-state index is 11.4. The highest BCUT2D eigenvalue weighted by atomic mass is 16.1. The second-order valence-corrected chi connectivity index (χ2v) is 4.09. The van der Waals surface area contributed by atoms with Crippen LogP contribution in [-0.2, 0) is 4.79 Å². The summed E-state index contributed by atoms with van der Waals surface area (Å²) in [5.41, 5.74) is 3.63. The molecule has 2 heteroatoms. The number of allylic oxidation sites excluding steroid dienone is 1. The summed E-state index contributed by atoms with van der Waals surface area (Å²) in [6.45, 7) is 7.97. The molecule has 86 valence electrons. The van der Waals surface area contributed by atoms with Crippen LogP contribution >= 0.6 is 0 Å². The molecule has 16 heavy (non-hydrogen) atoms. The lowest BCUT2D eigenvalue weighted by Crippen LogP contribution is -2.25. The van der Waals surface area contributed by atoms with Crippen molar-refractivity contribution in [3.8, 4) is 0 Å². The molecule has 0 aliphatic heterocycles. The fourth-order valence-electron chi connectivity index (χ4n) is 1.80. The molecule has 0 spiro atoms. The van der Waals surface area contributed by atoms with E-state index in [1.54, 1.807) is 12.2 Å². The van der Waals surface area contributed by atoms with Crippen molar-refractivity contribution in [2.75, 3.05) is 0 Å². The van der Waals surface area contributed by atoms with Gasteiger partial charge in [-0.2, -0.15) is 0 Å². The van der Waals surface area contributed by atoms with Crippen LogP contribution in [0.3, 0.4) is 0 Å². The second-order valence-electron chi connectivity index (χ2n) is 4.09. The van der Waals surface area contributed by atoms with E-state index >= 15 is 0 Å². The van der Waals surface area contributed by atoms with Gasteiger partial charge in [0.25, 0.3) is 0 Å². The number of benzene rings is 1. The lowest BCUT2D eigenvalue weighted by molar-refractivity contribution is -0.117. The average molecular weight is 217 g/mol. The van der Waals surface area contributed by atoms with Crippen molar-refractivity contribution >= 4 is 5.91 Å². The fraction of sp³-hybridized carbons (Fsp3) is 0.357. The first-order valence-electron chi connectivity index (χ1n) is 5.55. The lowest BCUT2D eigenvalue weighted by Gasteiger charge is -2.16. The Morgan fingerprint density at radius 2 is 2.06 bits per heavy atom. The topological polar surface area (TPSA) is 29.1 Å². The van der Waals surface area contributed by atoms with Crippen LogP contribution in [0.2, 0.25) is 0 Å². The third kappa shape index (κ3) is 3.23. The summed E-state index contributed by atoms with van der Waals surface area (Å²) in [4.78, 5) is 11.4. The Labute approximate surface area is 97.4 Å². The maximum atomic E-state index is 11.4. The zero-order valence-electron chi connectivity index (χ0n) is 10.4. The van der Waals surface area contributed by atoms with Gasteiger partial charge in [-0.25, -0.2) is 0 Å². The van der Waals surface area contributed by atoms with Crippen molar-refractivity contribution < 1.29 is 4.79 Å². The Morgan fingerprint density at radius 3 is 2.62 bits per heavy atom. The molecule has 1 atom stereocenters. The van der Waals surface area contributed by atoms with Crippen molar-refractivity contribution in [3.63, 3.8) is 0 Å². The smallest absolute Gasteiger partial charge is 0.244 e. The van der Waals surface area contributed by atoms with Gasteiger partial charge in [-0.3, -0.25) is 4.79 Å². The molecule has 1 rings (SSSR count). The van der Waals surface area contributed by atoms with Crippen LogP contribution in [0, 0.1) is 13.8 Å². The molecular weight excluding hydrogens is 198 g/mol. The zero-order valence-corrected chi connectivity index (χ0v) is 10.4. The molecule has 1 N–H and O–H groups in total. The monoisotopic (exact) mass is 217 g/mol. The Balaban J connectivity index is 2.80. The van der Waals surface area contributed by atoms with Gasteiger partial charge in [0, 0.05) is 0 Å². The van der Waals surface area contributed by atoms with E-state index in [1.165, 1.54) is 16.7 Å². The van der Waals surface area contributed by atoms with E-state index in [1.807, 2.05) is 13.8 Å². The molecule has 0 aliphatic rings. The first kappa shape index (κ1) is 12.5. The predicted molar refractivity (Wildman–Crippen MR) is 67.3 cm³/mol. The molecule has 0 fully saturated rings. The Kier molecular flexibility index (Phi) is 4.29. The molecule has 0 saturated heterocycles. The Hall–Kier alpha value is -1.57. The van der Waals surface area contributed by atoms with Gasteiger partial charge in [-0.05, 0) is 44.9 Å². The highest BCUT2D eigenvalue weighted by Gasteiger charge is 2.09. The summed E-state index contributed by atoms with van der Waals surface area (Å²) in [5, 5.41) is 2.93. The summed E-state index contributed by atoms with van der Waals surface area (Å²) in [6, 6.07) is 6.32. The average Bonchev–Trinajstić information content (AvgIpc) is 2.17. The number of nitrogens with one attached hydrogen (secondary N) is 1. The summed E-state index contributed by atoms with van der Waals surface area (Å²) < 4.78 is 0. The highest BCUT2D eigenvalue weighted by molar-refractivity contribution is 5.87. The number of amides is 1. The van der Waals surface area contributed by atoms with Gasteiger partial charge in [0.1, 0.15) is 0 Å². The molecule has 1 amide bonds. The van der Waals surface area contributed by atoms with Crippen LogP contribution < -0.4 is 5.32 Å². The molecular formula is C14H19NO. The highest BCUT2D eigenvalue weighted by Crippen LogP contribution is 2.18. The number of hydrogen-bond donors (Lipinski definition) is 1. The van der Waals surface area contributed by atoms with Crippen LogP contribution in [-0.4, -0.2) is 5.91 Å². The van der Waals surface area contributed by atoms with Crippen molar-refractivity contribution in [1.29, 1.82) is 0 Å². The molecule has 1 aromatic rings. The van der Waals surface area contributed by atoms with E-state index in [9.17, 15) is 4.79 Å². The van der Waals surface area contributed by atoms with Gasteiger partial charge in [0.15, 0.2) is 0 Å². The maximum Gasteiger partial charge on any atom is 0.244 e. The molecule has 0 heterocycles. The predicted octanol–water partition coefficient (Wildman–Crippen LogP) is 3.06. The van der Waals surface area contributed by atoms with E-state index in [2.05, 4.69) is 37.4 Å². The molecule has 1 unspecified atom stereocenters. The van der Waals surface area contributed by atoms with E-state index in [0.717, 1.165) is 0 Å². The summed E-state index contributed by atoms with van der Waals surface area (Å²) in [7, 11) is 0. The zero-order chi connectivity index (χ0) is 12.1. The van der Waals surface area contributed by atoms with Crippen molar-refractivity contribution in [1.82, 2.24) is 5.32 Å². The van der Waals surface area contributed by atoms with E-state index in [-0.39, 0.29) is 11.9 Å². The van der Waals surface area contributed by atoms with Crippen molar-refractivity contribution in [2.24, 2.45) is 0 Å². The molecule has 0 radical (unpaired) electrons. The fourth-order valence-corrected chi connectivity index (χ4v) is 1.80. The van der Waals surface area contributed by atoms with Gasteiger partial charge in [-0.15, -0.1) is 0 Å². The molecule has 2 nitrogen and oxygen atoms in total. The quantitative estimate of drug-likeness (QED) is 0.775. The minimum absolute atomic E-state index is 0.0456. The standard InChI is InChI=1S/C14H19NO/c1-5-6-14(16)15-12(4)13-8-7-10(2)9-11(13)3/h5-9,12H,1-4H3,(H,15,16). The van der Waals surface area contributed by atoms with Crippen molar-refractivity contribution in [3.05, 3.63) is 47.0 Å². The molecule has 0 aromatic heterocycles. The molecule has 1 aromatic carbocycles. The van der Waals surface area contributed by atoms with Gasteiger partial charge >= 0.3 is 0 Å². The van der Waals surface area contributed by atoms with Gasteiger partial charge in [0.2, 0.25) is 5.91 Å². The van der Waals surface area contributed by atoms with Crippen LogP contribution in [0.25, 0.3) is 0 Å². The summed E-state index contributed by atoms with van der Waals surface area (Å²) >= 11 is 0. The van der Waals surface area contributed by atoms with E-state index in [4.69, 9.17) is 0 Å². The number of rotatable bonds is 3. The molecule has 0 aliphatic carbocycles.